The third-order valence-electron chi connectivity index (χ3n) is 13.3. The van der Waals surface area contributed by atoms with Gasteiger partial charge in [0, 0.05) is 27.9 Å². The molecule has 0 amide bonds. The zero-order valence-electron chi connectivity index (χ0n) is 45.1. The summed E-state index contributed by atoms with van der Waals surface area (Å²) in [6, 6.07) is 110. The summed E-state index contributed by atoms with van der Waals surface area (Å²) in [5, 5.41) is 9.56. The van der Waals surface area contributed by atoms with Crippen LogP contribution >= 0.6 is 0 Å². The van der Waals surface area contributed by atoms with Crippen molar-refractivity contribution >= 4 is 27.2 Å². The smallest absolute Gasteiger partial charge is 0.507 e. The Labute approximate surface area is 484 Å². The van der Waals surface area contributed by atoms with E-state index < -0.39 is 15.6 Å². The zero-order chi connectivity index (χ0) is 57.7. The van der Waals surface area contributed by atoms with Gasteiger partial charge < -0.3 is 14.2 Å². The van der Waals surface area contributed by atoms with Crippen LogP contribution in [0.4, 0.5) is 30.2 Å². The number of aromatic hydroxyl groups is 1. The van der Waals surface area contributed by atoms with Crippen LogP contribution in [0, 0.1) is 0 Å². The Morgan fingerprint density at radius 1 is 0.337 bits per heavy atom. The van der Waals surface area contributed by atoms with Crippen LogP contribution in [0.2, 0.25) is 0 Å². The molecule has 0 fully saturated rings. The lowest BCUT2D eigenvalue weighted by molar-refractivity contribution is -0.0499. The van der Waals surface area contributed by atoms with Crippen molar-refractivity contribution in [3.8, 4) is 67.1 Å². The third kappa shape index (κ3) is 15.4. The third-order valence-corrected chi connectivity index (χ3v) is 14.2. The molecular weight excluding hydrogens is 1060 g/mol. The van der Waals surface area contributed by atoms with Crippen molar-refractivity contribution in [1.29, 1.82) is 0 Å². The van der Waals surface area contributed by atoms with Crippen LogP contribution in [0.5, 0.6) is 11.5 Å². The summed E-state index contributed by atoms with van der Waals surface area (Å²) < 4.78 is 63.3. The number of rotatable bonds is 12. The van der Waals surface area contributed by atoms with E-state index in [4.69, 9.17) is 0 Å². The Morgan fingerprint density at radius 3 is 1.10 bits per heavy atom. The quantitative estimate of drug-likeness (QED) is 0.0975. The maximum atomic E-state index is 12.3. The van der Waals surface area contributed by atoms with Crippen LogP contribution in [-0.4, -0.2) is 19.0 Å². The van der Waals surface area contributed by atoms with Crippen LogP contribution in [-0.2, 0) is 16.5 Å². The van der Waals surface area contributed by atoms with Gasteiger partial charge in [0.1, 0.15) is 5.75 Å². The van der Waals surface area contributed by atoms with E-state index in [9.17, 15) is 26.7 Å². The van der Waals surface area contributed by atoms with Crippen molar-refractivity contribution in [2.24, 2.45) is 0 Å². The summed E-state index contributed by atoms with van der Waals surface area (Å²) >= 11 is 0. The SMILES string of the molecule is O=S(=O)(Oc1ccccc1-c1ccccc1)C(F)(F)F.Oc1ccccc1-c1ccccc1.c1ccc(-c2ccccc2N(c2ccccc2)c2ccccc2-c2ccccc2)cc1.c1ccc(Cc2ccccc2-c2ccccc2)cc1. The van der Waals surface area contributed by atoms with E-state index in [-0.39, 0.29) is 11.3 Å². The number of hydrogen-bond acceptors (Lipinski definition) is 5. The fraction of sp³-hybridized carbons (Fsp3) is 0.0270. The van der Waals surface area contributed by atoms with Crippen LogP contribution in [0.15, 0.2) is 334 Å². The predicted octanol–water partition coefficient (Wildman–Crippen LogP) is 20.1. The Morgan fingerprint density at radius 2 is 0.651 bits per heavy atom. The molecule has 0 spiro atoms. The number of hydrogen-bond donors (Lipinski definition) is 1. The number of phenols is 1. The van der Waals surface area contributed by atoms with Crippen molar-refractivity contribution in [2.45, 2.75) is 11.9 Å². The summed E-state index contributed by atoms with van der Waals surface area (Å²) in [7, 11) is -5.68. The minimum absolute atomic E-state index is 0.265. The van der Waals surface area contributed by atoms with Gasteiger partial charge in [0.25, 0.3) is 0 Å². The molecule has 410 valence electrons. The molecule has 0 saturated heterocycles. The lowest BCUT2D eigenvalue weighted by Crippen LogP contribution is -2.28. The molecule has 12 aromatic rings. The Hall–Kier alpha value is -10.2. The van der Waals surface area contributed by atoms with E-state index in [0.29, 0.717) is 11.3 Å². The fourth-order valence-corrected chi connectivity index (χ4v) is 9.81. The van der Waals surface area contributed by atoms with Crippen LogP contribution in [0.3, 0.4) is 0 Å². The monoisotopic (exact) mass is 1110 g/mol. The lowest BCUT2D eigenvalue weighted by atomic mass is 9.95. The summed E-state index contributed by atoms with van der Waals surface area (Å²) in [6.45, 7) is 0. The first-order valence-electron chi connectivity index (χ1n) is 26.8. The van der Waals surface area contributed by atoms with Crippen molar-refractivity contribution in [2.75, 3.05) is 4.90 Å². The average molecular weight is 1110 g/mol. The molecule has 0 aromatic heterocycles. The molecule has 0 unspecified atom stereocenters. The zero-order valence-corrected chi connectivity index (χ0v) is 45.9. The Bertz CT molecular complexity index is 3940. The van der Waals surface area contributed by atoms with Gasteiger partial charge in [-0.15, -0.1) is 0 Å². The molecule has 0 aliphatic rings. The number of halogens is 3. The molecular formula is C74H58F3NO4S. The number of anilines is 3. The van der Waals surface area contributed by atoms with E-state index in [1.807, 2.05) is 48.5 Å². The van der Waals surface area contributed by atoms with Gasteiger partial charge in [-0.2, -0.15) is 21.6 Å². The topological polar surface area (TPSA) is 66.8 Å². The molecule has 83 heavy (non-hydrogen) atoms. The second-order valence-electron chi connectivity index (χ2n) is 18.9. The molecule has 0 atom stereocenters. The first-order valence-corrected chi connectivity index (χ1v) is 28.2. The van der Waals surface area contributed by atoms with E-state index in [1.54, 1.807) is 42.5 Å². The van der Waals surface area contributed by atoms with Gasteiger partial charge in [0.15, 0.2) is 5.75 Å². The molecule has 12 aromatic carbocycles. The van der Waals surface area contributed by atoms with E-state index in [2.05, 4.69) is 234 Å². The summed E-state index contributed by atoms with van der Waals surface area (Å²) in [5.74, 6) is -0.0373. The van der Waals surface area contributed by atoms with E-state index >= 15 is 0 Å². The number of nitrogens with zero attached hydrogens (tertiary/aromatic N) is 1. The summed E-state index contributed by atoms with van der Waals surface area (Å²) in [6.07, 6.45) is 0.978. The molecule has 5 nitrogen and oxygen atoms in total. The normalized spacial score (nSPS) is 10.8. The molecule has 0 radical (unpaired) electrons. The average Bonchev–Trinajstić information content (AvgIpc) is 3.64. The van der Waals surface area contributed by atoms with Crippen LogP contribution in [0.1, 0.15) is 11.1 Å². The standard InChI is InChI=1S/C30H23N.C19H16.C13H9F3O3S.C12H10O/c1-4-14-24(15-5-1)27-20-10-12-22-29(27)31(26-18-8-3-9-19-26)30-23-13-11-21-28(30)25-16-6-2-7-17-25;1-3-9-16(10-4-1)15-18-13-7-8-14-19(18)17-11-5-2-6-12-17;14-13(15,16)20(17,18)19-12-9-5-4-8-11(12)10-6-2-1-3-7-10;13-12-9-5-4-8-11(12)10-6-2-1-3-7-10/h1-23H;1-14H,15H2;1-9H;1-9,13H. The highest BCUT2D eigenvalue weighted by Gasteiger charge is 2.48. The van der Waals surface area contributed by atoms with Crippen LogP contribution in [0.25, 0.3) is 55.6 Å². The highest BCUT2D eigenvalue weighted by Crippen LogP contribution is 2.44. The fourth-order valence-electron chi connectivity index (χ4n) is 9.33. The number of benzene rings is 12. The lowest BCUT2D eigenvalue weighted by Gasteiger charge is -2.29. The molecule has 0 bridgehead atoms. The Balaban J connectivity index is 0.000000140. The summed E-state index contributed by atoms with van der Waals surface area (Å²) in [5.41, 5.74) is 10.9. The molecule has 0 saturated carbocycles. The van der Waals surface area contributed by atoms with Gasteiger partial charge in [-0.3, -0.25) is 0 Å². The van der Waals surface area contributed by atoms with Crippen molar-refractivity contribution in [3.63, 3.8) is 0 Å². The number of alkyl halides is 3. The van der Waals surface area contributed by atoms with Gasteiger partial charge in [-0.05, 0) is 87.3 Å². The maximum absolute atomic E-state index is 12.3. The van der Waals surface area contributed by atoms with Gasteiger partial charge in [-0.1, -0.05) is 297 Å². The van der Waals surface area contributed by atoms with Gasteiger partial charge >= 0.3 is 15.6 Å². The van der Waals surface area contributed by atoms with Crippen molar-refractivity contribution in [3.05, 3.63) is 345 Å². The predicted molar refractivity (Wildman–Crippen MR) is 334 cm³/mol. The second kappa shape index (κ2) is 28.3. The minimum Gasteiger partial charge on any atom is -0.507 e. The highest BCUT2D eigenvalue weighted by atomic mass is 32.2. The number of phenolic OH excluding ortho intramolecular Hbond substituents is 1. The summed E-state index contributed by atoms with van der Waals surface area (Å²) in [4.78, 5) is 2.37. The molecule has 12 rings (SSSR count). The van der Waals surface area contributed by atoms with Crippen LogP contribution < -0.4 is 9.08 Å². The highest BCUT2D eigenvalue weighted by molar-refractivity contribution is 7.88. The van der Waals surface area contributed by atoms with Crippen molar-refractivity contribution < 1.29 is 30.9 Å². The first-order chi connectivity index (χ1) is 40.5. The largest absolute Gasteiger partial charge is 0.534 e. The van der Waals surface area contributed by atoms with E-state index in [0.717, 1.165) is 34.6 Å². The maximum Gasteiger partial charge on any atom is 0.534 e. The van der Waals surface area contributed by atoms with Gasteiger partial charge in [-0.25, -0.2) is 0 Å². The number of para-hydroxylation sites is 5. The Kier molecular flexibility index (Phi) is 19.6. The first kappa shape index (κ1) is 57.5. The van der Waals surface area contributed by atoms with E-state index in [1.165, 1.54) is 62.7 Å². The molecule has 0 heterocycles. The van der Waals surface area contributed by atoms with Gasteiger partial charge in [0.05, 0.1) is 11.4 Å². The molecule has 1 N–H and O–H groups in total. The minimum atomic E-state index is -5.68. The second-order valence-corrected chi connectivity index (χ2v) is 20.4. The molecule has 9 heteroatoms. The van der Waals surface area contributed by atoms with Crippen molar-refractivity contribution in [1.82, 2.24) is 0 Å². The van der Waals surface area contributed by atoms with Gasteiger partial charge in [0.2, 0.25) is 0 Å². The molecule has 0 aliphatic carbocycles. The molecule has 0 aliphatic heterocycles.